The lowest BCUT2D eigenvalue weighted by atomic mass is 10.0. The number of aromatic nitrogens is 6. The molecule has 7 rings (SSSR count). The number of halogens is 2. The van der Waals surface area contributed by atoms with E-state index >= 15 is 0 Å². The van der Waals surface area contributed by atoms with Gasteiger partial charge in [0, 0.05) is 72.6 Å². The maximum atomic E-state index is 13.7. The van der Waals surface area contributed by atoms with E-state index in [1.54, 1.807) is 34.8 Å². The van der Waals surface area contributed by atoms with Gasteiger partial charge in [-0.3, -0.25) is 15.0 Å². The number of pyridine rings is 2. The first-order chi connectivity index (χ1) is 18.9. The van der Waals surface area contributed by atoms with Crippen molar-refractivity contribution in [3.8, 4) is 22.6 Å². The third-order valence-electron chi connectivity index (χ3n) is 7.14. The smallest absolute Gasteiger partial charge is 0.261 e. The molecule has 1 fully saturated rings. The molecule has 39 heavy (non-hydrogen) atoms. The quantitative estimate of drug-likeness (QED) is 0.283. The number of allylic oxidation sites excluding steroid dienone is 3. The Labute approximate surface area is 226 Å². The van der Waals surface area contributed by atoms with E-state index in [1.807, 2.05) is 29.7 Å². The van der Waals surface area contributed by atoms with Crippen LogP contribution in [0.3, 0.4) is 0 Å². The minimum Gasteiger partial charge on any atom is -0.402 e. The molecule has 4 N–H and O–H groups in total. The second kappa shape index (κ2) is 9.21. The first-order valence-corrected chi connectivity index (χ1v) is 13.5. The Bertz CT molecular complexity index is 1750. The molecule has 196 valence electrons. The number of nitrogens with two attached hydrogens (primary N) is 1. The van der Waals surface area contributed by atoms with E-state index < -0.39 is 5.92 Å². The Morgan fingerprint density at radius 1 is 1.10 bits per heavy atom. The molecule has 8 nitrogen and oxygen atoms in total. The van der Waals surface area contributed by atoms with Crippen molar-refractivity contribution in [1.29, 1.82) is 0 Å². The van der Waals surface area contributed by atoms with Crippen LogP contribution in [-0.2, 0) is 13.0 Å². The van der Waals surface area contributed by atoms with Gasteiger partial charge in [-0.25, -0.2) is 18.7 Å². The van der Waals surface area contributed by atoms with Gasteiger partial charge in [-0.05, 0) is 46.2 Å². The molecule has 1 saturated heterocycles. The fourth-order valence-electron chi connectivity index (χ4n) is 5.23. The highest BCUT2D eigenvalue weighted by Crippen LogP contribution is 2.34. The number of nitrogens with zero attached hydrogens (tertiary/aromatic N) is 5. The zero-order valence-corrected chi connectivity index (χ0v) is 21.6. The Hall–Kier alpha value is -4.22. The first-order valence-electron chi connectivity index (χ1n) is 12.6. The minimum absolute atomic E-state index is 0.104. The first kappa shape index (κ1) is 23.9. The maximum absolute atomic E-state index is 13.7. The van der Waals surface area contributed by atoms with E-state index in [0.717, 1.165) is 56.0 Å². The molecule has 1 aliphatic carbocycles. The normalized spacial score (nSPS) is 17.2. The number of fused-ring (bicyclic) bond motifs is 2. The number of rotatable bonds is 5. The second-order valence-electron chi connectivity index (χ2n) is 10.0. The van der Waals surface area contributed by atoms with Crippen LogP contribution < -0.4 is 5.73 Å². The van der Waals surface area contributed by atoms with Gasteiger partial charge >= 0.3 is 0 Å². The fourth-order valence-corrected chi connectivity index (χ4v) is 5.89. The lowest BCUT2D eigenvalue weighted by molar-refractivity contribution is 0.0115. The Kier molecular flexibility index (Phi) is 5.64. The summed E-state index contributed by atoms with van der Waals surface area (Å²) in [6.07, 6.45) is 9.63. The Morgan fingerprint density at radius 3 is 2.82 bits per heavy atom. The zero-order chi connectivity index (χ0) is 26.6. The largest absolute Gasteiger partial charge is 0.402 e. The maximum Gasteiger partial charge on any atom is 0.261 e. The summed E-state index contributed by atoms with van der Waals surface area (Å²) in [5.41, 5.74) is 14.8. The summed E-state index contributed by atoms with van der Waals surface area (Å²) in [6.45, 7) is 0.584. The predicted molar refractivity (Wildman–Crippen MR) is 147 cm³/mol. The molecule has 1 aliphatic heterocycles. The molecular formula is C28H24F2N8S. The molecule has 0 amide bonds. The van der Waals surface area contributed by atoms with Gasteiger partial charge in [-0.15, -0.1) is 0 Å². The molecule has 0 saturated carbocycles. The summed E-state index contributed by atoms with van der Waals surface area (Å²) in [5, 5.41) is 12.4. The van der Waals surface area contributed by atoms with Crippen molar-refractivity contribution in [1.82, 2.24) is 35.0 Å². The van der Waals surface area contributed by atoms with Crippen molar-refractivity contribution in [2.75, 3.05) is 13.1 Å². The van der Waals surface area contributed by atoms with E-state index in [9.17, 15) is 8.78 Å². The molecule has 0 atom stereocenters. The third-order valence-corrected chi connectivity index (χ3v) is 7.82. The van der Waals surface area contributed by atoms with Gasteiger partial charge in [0.25, 0.3) is 5.92 Å². The van der Waals surface area contributed by atoms with Crippen molar-refractivity contribution < 1.29 is 8.78 Å². The molecule has 0 unspecified atom stereocenters. The Morgan fingerprint density at radius 2 is 2.00 bits per heavy atom. The van der Waals surface area contributed by atoms with Crippen LogP contribution in [0.2, 0.25) is 0 Å². The highest BCUT2D eigenvalue weighted by molar-refractivity contribution is 7.08. The number of thiophene rings is 1. The molecular weight excluding hydrogens is 518 g/mol. The molecule has 0 aromatic carbocycles. The molecule has 2 aliphatic rings. The lowest BCUT2D eigenvalue weighted by Gasteiger charge is -2.15. The second-order valence-corrected chi connectivity index (χ2v) is 10.8. The number of hydrogen-bond acceptors (Lipinski definition) is 7. The van der Waals surface area contributed by atoms with Crippen LogP contribution in [0, 0.1) is 0 Å². The number of hydrogen-bond donors (Lipinski definition) is 3. The van der Waals surface area contributed by atoms with Gasteiger partial charge in [0.1, 0.15) is 5.69 Å². The van der Waals surface area contributed by atoms with Crippen LogP contribution in [0.5, 0.6) is 0 Å². The zero-order valence-electron chi connectivity index (χ0n) is 20.8. The monoisotopic (exact) mass is 542 g/mol. The average molecular weight is 543 g/mol. The molecule has 5 aromatic rings. The molecule has 0 spiro atoms. The Balaban J connectivity index is 1.23. The minimum atomic E-state index is -2.62. The number of aromatic amines is 2. The van der Waals surface area contributed by atoms with Crippen LogP contribution in [0.4, 0.5) is 8.78 Å². The third kappa shape index (κ3) is 4.53. The SMILES string of the molecule is NC1=CC=C(c2ccsc2)c2nc(-c3[nH]nc4ncc(-c5cncc(CN6CCC(F)(F)C6)c5)cc34)[nH]c2C1. The number of alkyl halides is 2. The van der Waals surface area contributed by atoms with Crippen molar-refractivity contribution in [3.05, 3.63) is 87.9 Å². The lowest BCUT2D eigenvalue weighted by Crippen LogP contribution is -2.24. The van der Waals surface area contributed by atoms with Crippen molar-refractivity contribution in [2.45, 2.75) is 25.3 Å². The van der Waals surface area contributed by atoms with Crippen LogP contribution in [0.15, 0.2) is 65.4 Å². The summed E-state index contributed by atoms with van der Waals surface area (Å²) >= 11 is 1.63. The number of H-pyrrole nitrogens is 2. The number of nitrogens with one attached hydrogen (secondary N) is 2. The van der Waals surface area contributed by atoms with Crippen LogP contribution in [0.25, 0.3) is 39.3 Å². The number of imidazole rings is 1. The van der Waals surface area contributed by atoms with Crippen molar-refractivity contribution in [3.63, 3.8) is 0 Å². The van der Waals surface area contributed by atoms with Gasteiger partial charge in [0.2, 0.25) is 0 Å². The van der Waals surface area contributed by atoms with Gasteiger partial charge in [-0.1, -0.05) is 6.08 Å². The predicted octanol–water partition coefficient (Wildman–Crippen LogP) is 5.14. The summed E-state index contributed by atoms with van der Waals surface area (Å²) in [7, 11) is 0. The fraction of sp³-hybridized carbons (Fsp3) is 0.214. The van der Waals surface area contributed by atoms with Crippen molar-refractivity contribution >= 4 is 27.9 Å². The molecule has 5 aromatic heterocycles. The molecule has 0 bridgehead atoms. The standard InChI is InChI=1S/C28H24F2N8S/c29-28(30)4-5-38(15-28)13-16-7-18(11-32-10-16)19-8-22-25(36-37-26(22)33-12-19)27-34-23-9-20(31)1-2-21(24(23)35-27)17-3-6-39-14-17/h1-3,6-8,10-12,14H,4-5,9,13,15,31H2,(H,34,35)(H,33,36,37). The topological polar surface area (TPSA) is 112 Å². The highest BCUT2D eigenvalue weighted by Gasteiger charge is 2.37. The molecule has 0 radical (unpaired) electrons. The highest BCUT2D eigenvalue weighted by atomic mass is 32.1. The van der Waals surface area contributed by atoms with Crippen molar-refractivity contribution in [2.24, 2.45) is 5.73 Å². The average Bonchev–Trinajstić information content (AvgIpc) is 3.71. The van der Waals surface area contributed by atoms with Crippen LogP contribution in [0.1, 0.15) is 28.9 Å². The molecule has 6 heterocycles. The summed E-state index contributed by atoms with van der Waals surface area (Å²) in [5.74, 6) is -1.97. The van der Waals surface area contributed by atoms with E-state index in [2.05, 4.69) is 36.6 Å². The van der Waals surface area contributed by atoms with Gasteiger partial charge in [0.05, 0.1) is 17.6 Å². The summed E-state index contributed by atoms with van der Waals surface area (Å²) < 4.78 is 27.3. The molecule has 11 heteroatoms. The van der Waals surface area contributed by atoms with E-state index in [4.69, 9.17) is 10.7 Å². The van der Waals surface area contributed by atoms with Crippen LogP contribution in [-0.4, -0.2) is 54.0 Å². The van der Waals surface area contributed by atoms with Gasteiger partial charge < -0.3 is 10.7 Å². The van der Waals surface area contributed by atoms with E-state index in [0.29, 0.717) is 31.0 Å². The van der Waals surface area contributed by atoms with Crippen LogP contribution >= 0.6 is 11.3 Å². The van der Waals surface area contributed by atoms with Gasteiger partial charge in [-0.2, -0.15) is 16.4 Å². The number of likely N-dealkylation sites (tertiary alicyclic amines) is 1. The van der Waals surface area contributed by atoms with E-state index in [-0.39, 0.29) is 13.0 Å². The van der Waals surface area contributed by atoms with Gasteiger partial charge in [0.15, 0.2) is 11.5 Å². The summed E-state index contributed by atoms with van der Waals surface area (Å²) in [4.78, 5) is 19.1. The van der Waals surface area contributed by atoms with E-state index in [1.165, 1.54) is 0 Å². The summed E-state index contributed by atoms with van der Waals surface area (Å²) in [6, 6.07) is 6.06.